The van der Waals surface area contributed by atoms with E-state index in [-0.39, 0.29) is 19.0 Å². The fraction of sp³-hybridized carbons (Fsp3) is 0.500. The summed E-state index contributed by atoms with van der Waals surface area (Å²) in [6.45, 7) is 2.57. The summed E-state index contributed by atoms with van der Waals surface area (Å²) in [6, 6.07) is 1.67. The molecule has 1 aromatic heterocycles. The van der Waals surface area contributed by atoms with Crippen LogP contribution in [-0.2, 0) is 0 Å². The first-order chi connectivity index (χ1) is 7.41. The van der Waals surface area contributed by atoms with Crippen molar-refractivity contribution in [1.82, 2.24) is 5.32 Å². The third kappa shape index (κ3) is 2.84. The number of hydrogen-bond donors (Lipinski definition) is 3. The molecule has 0 aliphatic heterocycles. The highest BCUT2D eigenvalue weighted by Gasteiger charge is 2.27. The highest BCUT2D eigenvalue weighted by Crippen LogP contribution is 2.20. The van der Waals surface area contributed by atoms with Crippen molar-refractivity contribution >= 4 is 21.8 Å². The minimum atomic E-state index is -1.05. The van der Waals surface area contributed by atoms with Crippen LogP contribution in [0.15, 0.2) is 15.2 Å². The van der Waals surface area contributed by atoms with E-state index in [9.17, 15) is 4.79 Å². The largest absolute Gasteiger partial charge is 0.444 e. The van der Waals surface area contributed by atoms with E-state index in [2.05, 4.69) is 21.2 Å². The van der Waals surface area contributed by atoms with Gasteiger partial charge in [-0.05, 0) is 35.8 Å². The van der Waals surface area contributed by atoms with Crippen molar-refractivity contribution in [2.24, 2.45) is 0 Å². The molecule has 1 rings (SSSR count). The molecule has 0 atom stereocenters. The number of aliphatic hydroxyl groups is 2. The zero-order valence-electron chi connectivity index (χ0n) is 9.08. The molecule has 16 heavy (non-hydrogen) atoms. The number of nitrogens with one attached hydrogen (secondary N) is 1. The van der Waals surface area contributed by atoms with Crippen LogP contribution in [0.25, 0.3) is 0 Å². The van der Waals surface area contributed by atoms with Crippen molar-refractivity contribution in [2.45, 2.75) is 19.4 Å². The highest BCUT2D eigenvalue weighted by atomic mass is 79.9. The molecular formula is C10H14BrNO4. The number of aryl methyl sites for hydroxylation is 1. The molecular weight excluding hydrogens is 278 g/mol. The molecule has 1 aromatic rings. The van der Waals surface area contributed by atoms with Crippen LogP contribution in [0.4, 0.5) is 0 Å². The summed E-state index contributed by atoms with van der Waals surface area (Å²) < 4.78 is 5.62. The first kappa shape index (κ1) is 13.2. The molecule has 0 saturated heterocycles. The Morgan fingerprint density at radius 1 is 1.56 bits per heavy atom. The third-order valence-electron chi connectivity index (χ3n) is 2.21. The molecule has 6 heteroatoms. The summed E-state index contributed by atoms with van der Waals surface area (Å²) in [6.07, 6.45) is 0. The van der Waals surface area contributed by atoms with E-state index < -0.39 is 11.4 Å². The number of carbonyl (C=O) groups excluding carboxylic acids is 1. The number of hydrogen-bond acceptors (Lipinski definition) is 4. The molecule has 3 N–H and O–H groups in total. The lowest BCUT2D eigenvalue weighted by Gasteiger charge is -2.25. The third-order valence-corrected chi connectivity index (χ3v) is 2.60. The number of amides is 1. The average molecular weight is 292 g/mol. The second kappa shape index (κ2) is 4.99. The Hall–Kier alpha value is -0.850. The Kier molecular flexibility index (Phi) is 4.12. The quantitative estimate of drug-likeness (QED) is 0.767. The maximum absolute atomic E-state index is 11.8. The van der Waals surface area contributed by atoms with E-state index in [0.29, 0.717) is 10.2 Å². The standard InChI is InChI=1S/C10H14BrNO4/c1-6-3-7(11)16-8(6)9(15)12-10(2,4-13)5-14/h3,13-14H,4-5H2,1-2H3,(H,12,15). The van der Waals surface area contributed by atoms with Gasteiger partial charge in [0.1, 0.15) is 0 Å². The van der Waals surface area contributed by atoms with Crippen molar-refractivity contribution < 1.29 is 19.4 Å². The maximum atomic E-state index is 11.8. The van der Waals surface area contributed by atoms with E-state index in [1.165, 1.54) is 6.92 Å². The highest BCUT2D eigenvalue weighted by molar-refractivity contribution is 9.10. The number of carbonyl (C=O) groups is 1. The van der Waals surface area contributed by atoms with Gasteiger partial charge in [-0.2, -0.15) is 0 Å². The van der Waals surface area contributed by atoms with Crippen LogP contribution in [0.1, 0.15) is 23.0 Å². The van der Waals surface area contributed by atoms with Crippen LogP contribution in [0.5, 0.6) is 0 Å². The Balaban J connectivity index is 2.84. The molecule has 1 amide bonds. The molecule has 0 aromatic carbocycles. The van der Waals surface area contributed by atoms with Gasteiger partial charge >= 0.3 is 0 Å². The van der Waals surface area contributed by atoms with Gasteiger partial charge in [0.2, 0.25) is 0 Å². The molecule has 1 heterocycles. The lowest BCUT2D eigenvalue weighted by atomic mass is 10.1. The summed E-state index contributed by atoms with van der Waals surface area (Å²) in [5.41, 5.74) is -0.370. The molecule has 0 radical (unpaired) electrons. The predicted molar refractivity (Wildman–Crippen MR) is 61.2 cm³/mol. The van der Waals surface area contributed by atoms with Gasteiger partial charge in [0.25, 0.3) is 5.91 Å². The Morgan fingerprint density at radius 3 is 2.50 bits per heavy atom. The van der Waals surface area contributed by atoms with Gasteiger partial charge in [-0.3, -0.25) is 4.79 Å². The van der Waals surface area contributed by atoms with Crippen molar-refractivity contribution in [3.8, 4) is 0 Å². The van der Waals surface area contributed by atoms with Crippen molar-refractivity contribution in [2.75, 3.05) is 13.2 Å². The van der Waals surface area contributed by atoms with E-state index in [4.69, 9.17) is 14.6 Å². The van der Waals surface area contributed by atoms with E-state index >= 15 is 0 Å². The summed E-state index contributed by atoms with van der Waals surface area (Å²) in [5.74, 6) is -0.297. The van der Waals surface area contributed by atoms with Crippen LogP contribution in [-0.4, -0.2) is 34.9 Å². The van der Waals surface area contributed by atoms with Gasteiger partial charge in [0.15, 0.2) is 10.4 Å². The lowest BCUT2D eigenvalue weighted by Crippen LogP contribution is -2.51. The fourth-order valence-corrected chi connectivity index (χ4v) is 1.63. The molecule has 5 nitrogen and oxygen atoms in total. The van der Waals surface area contributed by atoms with Crippen LogP contribution in [0.3, 0.4) is 0 Å². The second-order valence-electron chi connectivity index (χ2n) is 3.89. The van der Waals surface area contributed by atoms with Crippen LogP contribution < -0.4 is 5.32 Å². The average Bonchev–Trinajstić information content (AvgIpc) is 2.57. The summed E-state index contributed by atoms with van der Waals surface area (Å²) in [7, 11) is 0. The molecule has 0 aliphatic carbocycles. The minimum absolute atomic E-state index is 0.167. The second-order valence-corrected chi connectivity index (χ2v) is 4.68. The smallest absolute Gasteiger partial charge is 0.287 e. The van der Waals surface area contributed by atoms with Crippen molar-refractivity contribution in [1.29, 1.82) is 0 Å². The van der Waals surface area contributed by atoms with Gasteiger partial charge in [-0.1, -0.05) is 0 Å². The molecule has 0 saturated carbocycles. The number of aliphatic hydroxyl groups excluding tert-OH is 2. The minimum Gasteiger partial charge on any atom is -0.444 e. The molecule has 90 valence electrons. The van der Waals surface area contributed by atoms with Gasteiger partial charge in [-0.25, -0.2) is 0 Å². The molecule has 0 unspecified atom stereocenters. The van der Waals surface area contributed by atoms with Gasteiger partial charge in [-0.15, -0.1) is 0 Å². The maximum Gasteiger partial charge on any atom is 0.287 e. The van der Waals surface area contributed by atoms with Gasteiger partial charge in [0.05, 0.1) is 18.8 Å². The lowest BCUT2D eigenvalue weighted by molar-refractivity contribution is 0.0698. The zero-order chi connectivity index (χ0) is 12.3. The SMILES string of the molecule is Cc1cc(Br)oc1C(=O)NC(C)(CO)CO. The molecule has 0 aliphatic rings. The van der Waals surface area contributed by atoms with Gasteiger partial charge < -0.3 is 19.9 Å². The van der Waals surface area contributed by atoms with Crippen molar-refractivity contribution in [3.63, 3.8) is 0 Å². The number of furan rings is 1. The number of halogens is 1. The van der Waals surface area contributed by atoms with Crippen molar-refractivity contribution in [3.05, 3.63) is 22.1 Å². The Labute approximate surface area is 102 Å². The zero-order valence-corrected chi connectivity index (χ0v) is 10.7. The van der Waals surface area contributed by atoms with Crippen LogP contribution in [0.2, 0.25) is 0 Å². The topological polar surface area (TPSA) is 82.7 Å². The molecule has 0 spiro atoms. The predicted octanol–water partition coefficient (Wildman–Crippen LogP) is 0.824. The fourth-order valence-electron chi connectivity index (χ4n) is 1.13. The Bertz CT molecular complexity index is 384. The monoisotopic (exact) mass is 291 g/mol. The van der Waals surface area contributed by atoms with E-state index in [0.717, 1.165) is 0 Å². The van der Waals surface area contributed by atoms with E-state index in [1.54, 1.807) is 13.0 Å². The van der Waals surface area contributed by atoms with Crippen LogP contribution >= 0.6 is 15.9 Å². The van der Waals surface area contributed by atoms with Crippen LogP contribution in [0, 0.1) is 6.92 Å². The van der Waals surface area contributed by atoms with E-state index in [1.807, 2.05) is 0 Å². The summed E-state index contributed by atoms with van der Waals surface area (Å²) >= 11 is 3.12. The molecule has 0 fully saturated rings. The first-order valence-electron chi connectivity index (χ1n) is 4.72. The van der Waals surface area contributed by atoms with Gasteiger partial charge in [0, 0.05) is 5.56 Å². The summed E-state index contributed by atoms with van der Waals surface area (Å²) in [4.78, 5) is 11.8. The summed E-state index contributed by atoms with van der Waals surface area (Å²) in [5, 5.41) is 20.6. The Morgan fingerprint density at radius 2 is 2.12 bits per heavy atom. The normalized spacial score (nSPS) is 11.6. The number of rotatable bonds is 4. The first-order valence-corrected chi connectivity index (χ1v) is 5.51. The molecule has 0 bridgehead atoms.